The Kier molecular flexibility index (Phi) is 11.6. The first-order valence-corrected chi connectivity index (χ1v) is 12.6. The van der Waals surface area contributed by atoms with Crippen molar-refractivity contribution in [3.05, 3.63) is 0 Å². The summed E-state index contributed by atoms with van der Waals surface area (Å²) in [4.78, 5) is 0. The summed E-state index contributed by atoms with van der Waals surface area (Å²) in [5.41, 5.74) is 0. The van der Waals surface area contributed by atoms with Crippen LogP contribution >= 0.6 is 16.1 Å². The second-order valence-corrected chi connectivity index (χ2v) is 11.2. The van der Waals surface area contributed by atoms with Crippen LogP contribution in [-0.4, -0.2) is 49.8 Å². The van der Waals surface area contributed by atoms with Gasteiger partial charge in [0.25, 0.3) is 8.53 Å². The summed E-state index contributed by atoms with van der Waals surface area (Å²) in [6, 6.07) is 2.71. The van der Waals surface area contributed by atoms with E-state index in [1.165, 1.54) is 14.2 Å². The van der Waals surface area contributed by atoms with Crippen molar-refractivity contribution in [1.82, 2.24) is 4.67 Å². The van der Waals surface area contributed by atoms with Gasteiger partial charge in [-0.2, -0.15) is 5.26 Å². The van der Waals surface area contributed by atoms with Gasteiger partial charge in [-0.1, -0.05) is 0 Å². The van der Waals surface area contributed by atoms with Crippen LogP contribution in [0, 0.1) is 17.2 Å². The molecule has 0 N–H and O–H groups in total. The van der Waals surface area contributed by atoms with Crippen molar-refractivity contribution in [2.24, 2.45) is 5.92 Å². The monoisotopic (exact) mass is 422 g/mol. The van der Waals surface area contributed by atoms with Crippen LogP contribution < -0.4 is 0 Å². The Morgan fingerprint density at radius 1 is 1.11 bits per heavy atom. The van der Waals surface area contributed by atoms with Crippen molar-refractivity contribution in [1.29, 1.82) is 5.26 Å². The molecule has 0 amide bonds. The van der Waals surface area contributed by atoms with Crippen molar-refractivity contribution >= 4 is 16.1 Å². The molecule has 9 heteroatoms. The molecule has 0 aromatic carbocycles. The maximum absolute atomic E-state index is 12.3. The summed E-state index contributed by atoms with van der Waals surface area (Å²) in [5, 5.41) is 8.80. The Morgan fingerprint density at radius 2 is 1.67 bits per heavy atom. The minimum absolute atomic E-state index is 0.124. The minimum atomic E-state index is -2.96. The Morgan fingerprint density at radius 3 is 2.11 bits per heavy atom. The lowest BCUT2D eigenvalue weighted by Crippen LogP contribution is -2.35. The van der Waals surface area contributed by atoms with Gasteiger partial charge in [0.05, 0.1) is 31.4 Å². The summed E-state index contributed by atoms with van der Waals surface area (Å²) in [6.07, 6.45) is 4.63. The molecule has 0 aromatic heterocycles. The van der Waals surface area contributed by atoms with Gasteiger partial charge in [0.1, 0.15) is 0 Å². The number of hydrogen-bond donors (Lipinski definition) is 0. The van der Waals surface area contributed by atoms with Crippen LogP contribution in [-0.2, 0) is 22.7 Å². The Balaban J connectivity index is 2.64. The van der Waals surface area contributed by atoms with Crippen LogP contribution in [0.15, 0.2) is 0 Å². The van der Waals surface area contributed by atoms with E-state index >= 15 is 0 Å². The molecule has 1 atom stereocenters. The first kappa shape index (κ1) is 25.0. The summed E-state index contributed by atoms with van der Waals surface area (Å²) in [6.45, 7) is 8.93. The molecule has 1 aliphatic carbocycles. The average molecular weight is 422 g/mol. The topological polar surface area (TPSA) is 81.0 Å². The Hall–Kier alpha value is -0.0500. The van der Waals surface area contributed by atoms with Crippen molar-refractivity contribution in [3.8, 4) is 6.07 Å². The minimum Gasteiger partial charge on any atom is -0.321 e. The fourth-order valence-corrected chi connectivity index (χ4v) is 6.60. The van der Waals surface area contributed by atoms with Gasteiger partial charge in [-0.25, -0.2) is 4.67 Å². The number of hydrogen-bond acceptors (Lipinski definition) is 7. The zero-order valence-electron chi connectivity index (χ0n) is 17.6. The highest BCUT2D eigenvalue weighted by molar-refractivity contribution is 7.53. The summed E-state index contributed by atoms with van der Waals surface area (Å²) in [7, 11) is -1.28. The predicted molar refractivity (Wildman–Crippen MR) is 109 cm³/mol. The highest BCUT2D eigenvalue weighted by Gasteiger charge is 2.34. The molecule has 0 aliphatic heterocycles. The summed E-state index contributed by atoms with van der Waals surface area (Å²) >= 11 is 0. The van der Waals surface area contributed by atoms with Crippen LogP contribution in [0.3, 0.4) is 0 Å². The third-order valence-corrected chi connectivity index (χ3v) is 8.99. The van der Waals surface area contributed by atoms with Crippen molar-refractivity contribution in [3.63, 3.8) is 0 Å². The fraction of sp³-hybridized carbons (Fsp3) is 0.944. The van der Waals surface area contributed by atoms with Crippen LogP contribution in [0.4, 0.5) is 0 Å². The molecule has 1 unspecified atom stereocenters. The fourth-order valence-electron chi connectivity index (χ4n) is 3.38. The van der Waals surface area contributed by atoms with Gasteiger partial charge in [-0.3, -0.25) is 4.57 Å². The zero-order chi connectivity index (χ0) is 20.4. The maximum atomic E-state index is 12.3. The first-order valence-electron chi connectivity index (χ1n) is 9.71. The zero-order valence-corrected chi connectivity index (χ0v) is 19.4. The molecule has 0 aromatic rings. The van der Waals surface area contributed by atoms with Gasteiger partial charge in [-0.05, 0) is 59.3 Å². The van der Waals surface area contributed by atoms with Gasteiger partial charge in [-0.15, -0.1) is 0 Å². The second kappa shape index (κ2) is 12.5. The lowest BCUT2D eigenvalue weighted by atomic mass is 9.89. The third-order valence-electron chi connectivity index (χ3n) is 4.73. The van der Waals surface area contributed by atoms with Gasteiger partial charge >= 0.3 is 7.60 Å². The van der Waals surface area contributed by atoms with Crippen molar-refractivity contribution < 1.29 is 22.7 Å². The van der Waals surface area contributed by atoms with E-state index in [1.807, 2.05) is 0 Å². The molecule has 0 bridgehead atoms. The molecular formula is C18H36N2O5P2. The van der Waals surface area contributed by atoms with Crippen LogP contribution in [0.5, 0.6) is 0 Å². The Bertz CT molecular complexity index is 488. The van der Waals surface area contributed by atoms with Gasteiger partial charge in [0.15, 0.2) is 0 Å². The van der Waals surface area contributed by atoms with Gasteiger partial charge < -0.3 is 18.1 Å². The predicted octanol–water partition coefficient (Wildman–Crippen LogP) is 5.32. The molecule has 0 heterocycles. The van der Waals surface area contributed by atoms with Crippen LogP contribution in [0.25, 0.3) is 0 Å². The maximum Gasteiger partial charge on any atom is 0.330 e. The standard InChI is InChI=1S/C18H36N2O5P2/c1-15(2)20(16(3)4)26(24-13-7-12-19)25-18-10-8-17(9-11-18)14-27(21,22-5)23-6/h15-18H,7-11,13-14H2,1-6H3/t17-,18+,26?. The Labute approximate surface area is 166 Å². The highest BCUT2D eigenvalue weighted by atomic mass is 31.2. The van der Waals surface area contributed by atoms with Gasteiger partial charge in [0, 0.05) is 26.3 Å². The largest absolute Gasteiger partial charge is 0.330 e. The first-order chi connectivity index (χ1) is 12.8. The molecule has 158 valence electrons. The molecule has 1 saturated carbocycles. The van der Waals surface area contributed by atoms with E-state index in [0.717, 1.165) is 25.7 Å². The SMILES string of the molecule is COP(=O)(C[C@H]1CC[C@@H](OP(OCCC#N)N(C(C)C)C(C)C)CC1)OC. The van der Waals surface area contributed by atoms with Crippen LogP contribution in [0.2, 0.25) is 0 Å². The van der Waals surface area contributed by atoms with E-state index in [-0.39, 0.29) is 6.10 Å². The van der Waals surface area contributed by atoms with Crippen molar-refractivity contribution in [2.45, 2.75) is 78.0 Å². The van der Waals surface area contributed by atoms with E-state index in [2.05, 4.69) is 38.4 Å². The molecule has 0 spiro atoms. The summed E-state index contributed by atoms with van der Waals surface area (Å²) in [5.74, 6) is 0.326. The number of rotatable bonds is 12. The van der Waals surface area contributed by atoms with E-state index < -0.39 is 16.1 Å². The quantitative estimate of drug-likeness (QED) is 0.311. The van der Waals surface area contributed by atoms with Crippen molar-refractivity contribution in [2.75, 3.05) is 27.0 Å². The smallest absolute Gasteiger partial charge is 0.321 e. The second-order valence-electron chi connectivity index (χ2n) is 7.45. The van der Waals surface area contributed by atoms with E-state index in [9.17, 15) is 4.57 Å². The molecular weight excluding hydrogens is 386 g/mol. The lowest BCUT2D eigenvalue weighted by Gasteiger charge is -2.39. The molecule has 7 nitrogen and oxygen atoms in total. The number of nitrogens with zero attached hydrogens (tertiary/aromatic N) is 2. The average Bonchev–Trinajstić information content (AvgIpc) is 2.62. The van der Waals surface area contributed by atoms with E-state index in [4.69, 9.17) is 23.4 Å². The molecule has 27 heavy (non-hydrogen) atoms. The molecule has 1 rings (SSSR count). The van der Waals surface area contributed by atoms with Gasteiger partial charge in [0.2, 0.25) is 0 Å². The van der Waals surface area contributed by atoms with Crippen LogP contribution in [0.1, 0.15) is 59.8 Å². The number of nitriles is 1. The normalized spacial score (nSPS) is 22.4. The third kappa shape index (κ3) is 8.46. The molecule has 0 saturated heterocycles. The molecule has 0 radical (unpaired) electrons. The molecule has 1 aliphatic rings. The summed E-state index contributed by atoms with van der Waals surface area (Å²) < 4.78 is 37.1. The highest BCUT2D eigenvalue weighted by Crippen LogP contribution is 2.52. The lowest BCUT2D eigenvalue weighted by molar-refractivity contribution is 0.0959. The molecule has 1 fully saturated rings. The van der Waals surface area contributed by atoms with E-state index in [0.29, 0.717) is 37.2 Å². The van der Waals surface area contributed by atoms with E-state index in [1.54, 1.807) is 0 Å².